The Hall–Kier alpha value is -3.11. The molecule has 0 aliphatic heterocycles. The molecule has 11 heteroatoms. The SMILES string of the molecule is Cc1cc(OCc2nnc(SCC(=O)Nc3cccc([N+](=O)[O-])c3)n2C)ccc1Cl. The van der Waals surface area contributed by atoms with Crippen LogP contribution < -0.4 is 10.1 Å². The molecule has 3 rings (SSSR count). The number of anilines is 1. The predicted molar refractivity (Wildman–Crippen MR) is 114 cm³/mol. The highest BCUT2D eigenvalue weighted by molar-refractivity contribution is 7.99. The number of hydrogen-bond acceptors (Lipinski definition) is 7. The first kappa shape index (κ1) is 21.6. The maximum atomic E-state index is 12.2. The first-order valence-electron chi connectivity index (χ1n) is 8.78. The third-order valence-electron chi connectivity index (χ3n) is 4.10. The van der Waals surface area contributed by atoms with Crippen LogP contribution in [0.2, 0.25) is 5.02 Å². The van der Waals surface area contributed by atoms with Crippen molar-refractivity contribution in [2.45, 2.75) is 18.7 Å². The third-order valence-corrected chi connectivity index (χ3v) is 5.54. The normalized spacial score (nSPS) is 10.6. The number of amides is 1. The van der Waals surface area contributed by atoms with Crippen LogP contribution in [0.15, 0.2) is 47.6 Å². The molecule has 0 fully saturated rings. The number of ether oxygens (including phenoxy) is 1. The molecule has 1 N–H and O–H groups in total. The van der Waals surface area contributed by atoms with Crippen molar-refractivity contribution in [3.05, 3.63) is 69.0 Å². The van der Waals surface area contributed by atoms with Crippen LogP contribution in [0.1, 0.15) is 11.4 Å². The topological polar surface area (TPSA) is 112 Å². The van der Waals surface area contributed by atoms with Gasteiger partial charge in [-0.3, -0.25) is 14.9 Å². The molecule has 0 unspecified atom stereocenters. The second-order valence-corrected chi connectivity index (χ2v) is 7.65. The van der Waals surface area contributed by atoms with Gasteiger partial charge in [0.1, 0.15) is 12.4 Å². The van der Waals surface area contributed by atoms with Crippen LogP contribution in [-0.2, 0) is 18.4 Å². The average molecular weight is 448 g/mol. The average Bonchev–Trinajstić information content (AvgIpc) is 3.07. The number of hydrogen-bond donors (Lipinski definition) is 1. The number of thioether (sulfide) groups is 1. The highest BCUT2D eigenvalue weighted by Gasteiger charge is 2.13. The molecule has 0 bridgehead atoms. The molecule has 1 heterocycles. The lowest BCUT2D eigenvalue weighted by atomic mass is 10.2. The van der Waals surface area contributed by atoms with Gasteiger partial charge in [-0.05, 0) is 36.8 Å². The predicted octanol–water partition coefficient (Wildman–Crippen LogP) is 3.99. The second-order valence-electron chi connectivity index (χ2n) is 6.30. The van der Waals surface area contributed by atoms with Gasteiger partial charge in [-0.15, -0.1) is 10.2 Å². The molecule has 0 aliphatic carbocycles. The molecule has 2 aromatic carbocycles. The van der Waals surface area contributed by atoms with E-state index < -0.39 is 4.92 Å². The summed E-state index contributed by atoms with van der Waals surface area (Å²) in [6.45, 7) is 2.11. The number of non-ortho nitro benzene ring substituents is 1. The summed E-state index contributed by atoms with van der Waals surface area (Å²) >= 11 is 7.21. The molecule has 1 aromatic heterocycles. The molecular formula is C19H18ClN5O4S. The number of nitro benzene ring substituents is 1. The van der Waals surface area contributed by atoms with Crippen LogP contribution in [0.25, 0.3) is 0 Å². The van der Waals surface area contributed by atoms with E-state index in [2.05, 4.69) is 15.5 Å². The lowest BCUT2D eigenvalue weighted by Gasteiger charge is -2.08. The zero-order valence-corrected chi connectivity index (χ0v) is 17.7. The van der Waals surface area contributed by atoms with Crippen LogP contribution in [0, 0.1) is 17.0 Å². The van der Waals surface area contributed by atoms with Gasteiger partial charge in [0.05, 0.1) is 10.7 Å². The minimum atomic E-state index is -0.515. The zero-order valence-electron chi connectivity index (χ0n) is 16.2. The summed E-state index contributed by atoms with van der Waals surface area (Å²) in [5, 5.41) is 22.9. The van der Waals surface area contributed by atoms with Crippen LogP contribution in [0.3, 0.4) is 0 Å². The quantitative estimate of drug-likeness (QED) is 0.315. The van der Waals surface area contributed by atoms with Gasteiger partial charge in [0.2, 0.25) is 5.91 Å². The van der Waals surface area contributed by atoms with Crippen molar-refractivity contribution in [1.29, 1.82) is 0 Å². The fourth-order valence-electron chi connectivity index (χ4n) is 2.48. The Bertz CT molecular complexity index is 1090. The van der Waals surface area contributed by atoms with Crippen molar-refractivity contribution in [3.63, 3.8) is 0 Å². The van der Waals surface area contributed by atoms with Crippen molar-refractivity contribution in [2.24, 2.45) is 7.05 Å². The summed E-state index contributed by atoms with van der Waals surface area (Å²) in [6.07, 6.45) is 0. The molecule has 3 aromatic rings. The fraction of sp³-hybridized carbons (Fsp3) is 0.211. The largest absolute Gasteiger partial charge is 0.486 e. The summed E-state index contributed by atoms with van der Waals surface area (Å²) in [7, 11) is 1.78. The van der Waals surface area contributed by atoms with Crippen molar-refractivity contribution in [1.82, 2.24) is 14.8 Å². The number of rotatable bonds is 8. The number of halogens is 1. The summed E-state index contributed by atoms with van der Waals surface area (Å²) in [4.78, 5) is 22.5. The maximum Gasteiger partial charge on any atom is 0.271 e. The van der Waals surface area contributed by atoms with E-state index in [9.17, 15) is 14.9 Å². The summed E-state index contributed by atoms with van der Waals surface area (Å²) in [6, 6.07) is 11.2. The Kier molecular flexibility index (Phi) is 6.91. The molecule has 9 nitrogen and oxygen atoms in total. The van der Waals surface area contributed by atoms with Crippen LogP contribution >= 0.6 is 23.4 Å². The van der Waals surface area contributed by atoms with Crippen LogP contribution in [0.4, 0.5) is 11.4 Å². The molecule has 0 radical (unpaired) electrons. The molecule has 0 atom stereocenters. The lowest BCUT2D eigenvalue weighted by Crippen LogP contribution is -2.14. The molecule has 30 heavy (non-hydrogen) atoms. The Morgan fingerprint density at radius 2 is 2.10 bits per heavy atom. The van der Waals surface area contributed by atoms with E-state index in [1.54, 1.807) is 29.8 Å². The Labute approximate surface area is 181 Å². The van der Waals surface area contributed by atoms with E-state index in [1.165, 1.54) is 30.0 Å². The first-order valence-corrected chi connectivity index (χ1v) is 10.1. The zero-order chi connectivity index (χ0) is 21.7. The van der Waals surface area contributed by atoms with E-state index in [4.69, 9.17) is 16.3 Å². The van der Waals surface area contributed by atoms with E-state index in [0.717, 1.165) is 5.56 Å². The minimum absolute atomic E-state index is 0.0753. The fourth-order valence-corrected chi connectivity index (χ4v) is 3.32. The van der Waals surface area contributed by atoms with Crippen LogP contribution in [-0.4, -0.2) is 31.3 Å². The molecule has 156 valence electrons. The number of carbonyl (C=O) groups excluding carboxylic acids is 1. The van der Waals surface area contributed by atoms with Crippen molar-refractivity contribution in [2.75, 3.05) is 11.1 Å². The Morgan fingerprint density at radius 1 is 1.30 bits per heavy atom. The summed E-state index contributed by atoms with van der Waals surface area (Å²) < 4.78 is 7.48. The second kappa shape index (κ2) is 9.59. The van der Waals surface area contributed by atoms with Crippen molar-refractivity contribution >= 4 is 40.6 Å². The van der Waals surface area contributed by atoms with Crippen LogP contribution in [0.5, 0.6) is 5.75 Å². The first-order chi connectivity index (χ1) is 14.3. The molecule has 1 amide bonds. The van der Waals surface area contributed by atoms with Gasteiger partial charge in [0, 0.05) is 29.9 Å². The van der Waals surface area contributed by atoms with Gasteiger partial charge in [0.15, 0.2) is 11.0 Å². The van der Waals surface area contributed by atoms with Gasteiger partial charge in [0.25, 0.3) is 5.69 Å². The van der Waals surface area contributed by atoms with E-state index in [-0.39, 0.29) is 24.0 Å². The number of carbonyl (C=O) groups is 1. The molecule has 0 saturated heterocycles. The van der Waals surface area contributed by atoms with E-state index >= 15 is 0 Å². The Morgan fingerprint density at radius 3 is 2.83 bits per heavy atom. The van der Waals surface area contributed by atoms with Gasteiger partial charge in [-0.1, -0.05) is 29.4 Å². The molecule has 0 spiro atoms. The number of aromatic nitrogens is 3. The molecule has 0 aliphatic rings. The summed E-state index contributed by atoms with van der Waals surface area (Å²) in [5.74, 6) is 1.04. The van der Waals surface area contributed by atoms with Gasteiger partial charge < -0.3 is 14.6 Å². The number of nitro groups is 1. The third kappa shape index (κ3) is 5.49. The van der Waals surface area contributed by atoms with Gasteiger partial charge in [-0.25, -0.2) is 0 Å². The number of benzene rings is 2. The molecule has 0 saturated carbocycles. The van der Waals surface area contributed by atoms with E-state index in [0.29, 0.717) is 27.4 Å². The Balaban J connectivity index is 1.54. The number of aryl methyl sites for hydroxylation is 1. The maximum absolute atomic E-state index is 12.2. The van der Waals surface area contributed by atoms with E-state index in [1.807, 2.05) is 13.0 Å². The number of nitrogens with one attached hydrogen (secondary N) is 1. The van der Waals surface area contributed by atoms with Gasteiger partial charge >= 0.3 is 0 Å². The molecular weight excluding hydrogens is 430 g/mol. The highest BCUT2D eigenvalue weighted by Crippen LogP contribution is 2.23. The monoisotopic (exact) mass is 447 g/mol. The van der Waals surface area contributed by atoms with Crippen molar-refractivity contribution in [3.8, 4) is 5.75 Å². The standard InChI is InChI=1S/C19H18ClN5O4S/c1-12-8-15(6-7-16(12)20)29-10-17-22-23-19(24(17)2)30-11-18(26)21-13-4-3-5-14(9-13)25(27)28/h3-9H,10-11H2,1-2H3,(H,21,26). The van der Waals surface area contributed by atoms with Gasteiger partial charge in [-0.2, -0.15) is 0 Å². The minimum Gasteiger partial charge on any atom is -0.486 e. The smallest absolute Gasteiger partial charge is 0.271 e. The summed E-state index contributed by atoms with van der Waals surface area (Å²) in [5.41, 5.74) is 1.19. The number of nitrogens with zero attached hydrogens (tertiary/aromatic N) is 4. The lowest BCUT2D eigenvalue weighted by molar-refractivity contribution is -0.384. The highest BCUT2D eigenvalue weighted by atomic mass is 35.5. The van der Waals surface area contributed by atoms with Crippen molar-refractivity contribution < 1.29 is 14.5 Å².